The maximum absolute atomic E-state index is 12.8. The number of ether oxygens (including phenoxy) is 2. The number of fused-ring (bicyclic) bond motifs is 1. The Balaban J connectivity index is 1.43. The maximum atomic E-state index is 12.8. The largest absolute Gasteiger partial charge is 0.454 e. The highest BCUT2D eigenvalue weighted by Gasteiger charge is 2.16. The third-order valence-electron chi connectivity index (χ3n) is 4.90. The fraction of sp³-hybridized carbons (Fsp3) is 0.120. The van der Waals surface area contributed by atoms with Gasteiger partial charge in [-0.05, 0) is 48.4 Å². The van der Waals surface area contributed by atoms with Crippen molar-refractivity contribution in [3.8, 4) is 11.5 Å². The van der Waals surface area contributed by atoms with Gasteiger partial charge in [0.2, 0.25) is 12.7 Å². The first-order valence-corrected chi connectivity index (χ1v) is 9.94. The van der Waals surface area contributed by atoms with Crippen LogP contribution in [0.3, 0.4) is 0 Å². The molecule has 1 atom stereocenters. The van der Waals surface area contributed by atoms with Crippen molar-refractivity contribution in [1.82, 2.24) is 5.32 Å². The Labute approximate surface area is 180 Å². The molecule has 31 heavy (non-hydrogen) atoms. The fourth-order valence-corrected chi connectivity index (χ4v) is 3.25. The zero-order valence-electron chi connectivity index (χ0n) is 17.0. The van der Waals surface area contributed by atoms with Crippen LogP contribution >= 0.6 is 0 Å². The van der Waals surface area contributed by atoms with Crippen molar-refractivity contribution in [2.75, 3.05) is 12.1 Å². The molecule has 0 fully saturated rings. The summed E-state index contributed by atoms with van der Waals surface area (Å²) in [5.74, 6) is 0.740. The summed E-state index contributed by atoms with van der Waals surface area (Å²) in [6.45, 7) is 2.12. The maximum Gasteiger partial charge on any atom is 0.253 e. The van der Waals surface area contributed by atoms with Gasteiger partial charge in [0.15, 0.2) is 11.5 Å². The number of para-hydroxylation sites is 1. The van der Waals surface area contributed by atoms with Crippen LogP contribution in [-0.2, 0) is 4.79 Å². The number of benzene rings is 3. The highest BCUT2D eigenvalue weighted by atomic mass is 16.7. The molecule has 4 rings (SSSR count). The van der Waals surface area contributed by atoms with Crippen LogP contribution in [0.4, 0.5) is 5.69 Å². The van der Waals surface area contributed by atoms with Crippen molar-refractivity contribution in [3.63, 3.8) is 0 Å². The molecule has 1 unspecified atom stereocenters. The molecule has 0 saturated carbocycles. The van der Waals surface area contributed by atoms with Gasteiger partial charge in [0, 0.05) is 6.08 Å². The first kappa shape index (κ1) is 20.2. The second-order valence-corrected chi connectivity index (χ2v) is 7.09. The number of anilines is 1. The van der Waals surface area contributed by atoms with E-state index in [0.29, 0.717) is 22.7 Å². The van der Waals surface area contributed by atoms with Crippen LogP contribution in [0.1, 0.15) is 34.5 Å². The lowest BCUT2D eigenvalue weighted by Gasteiger charge is -2.16. The molecule has 0 saturated heterocycles. The fourth-order valence-electron chi connectivity index (χ4n) is 3.25. The molecular weight excluding hydrogens is 392 g/mol. The van der Waals surface area contributed by atoms with E-state index >= 15 is 0 Å². The zero-order chi connectivity index (χ0) is 21.6. The van der Waals surface area contributed by atoms with Gasteiger partial charge >= 0.3 is 0 Å². The summed E-state index contributed by atoms with van der Waals surface area (Å²) in [4.78, 5) is 25.3. The van der Waals surface area contributed by atoms with Crippen molar-refractivity contribution in [1.29, 1.82) is 0 Å². The Bertz CT molecular complexity index is 1130. The first-order valence-electron chi connectivity index (χ1n) is 9.94. The van der Waals surface area contributed by atoms with Crippen LogP contribution in [0.15, 0.2) is 78.9 Å². The van der Waals surface area contributed by atoms with Crippen LogP contribution in [0.25, 0.3) is 6.08 Å². The summed E-state index contributed by atoms with van der Waals surface area (Å²) in [7, 11) is 0. The van der Waals surface area contributed by atoms with Gasteiger partial charge in [-0.2, -0.15) is 0 Å². The summed E-state index contributed by atoms with van der Waals surface area (Å²) < 4.78 is 10.6. The van der Waals surface area contributed by atoms with Gasteiger partial charge in [-0.3, -0.25) is 9.59 Å². The standard InChI is InChI=1S/C25H22N2O4/c1-17(19-7-3-2-4-8-19)26-25(29)20-9-5-6-10-21(20)27-24(28)14-12-18-11-13-22-23(15-18)31-16-30-22/h2-15,17H,16H2,1H3,(H,26,29)(H,27,28). The Morgan fingerprint density at radius 3 is 2.52 bits per heavy atom. The number of carbonyl (C=O) groups excluding carboxylic acids is 2. The monoisotopic (exact) mass is 414 g/mol. The molecule has 1 aliphatic rings. The number of hydrogen-bond acceptors (Lipinski definition) is 4. The van der Waals surface area contributed by atoms with E-state index in [1.807, 2.05) is 43.3 Å². The molecule has 2 amide bonds. The number of hydrogen-bond donors (Lipinski definition) is 2. The molecule has 1 aliphatic heterocycles. The number of amides is 2. The quantitative estimate of drug-likeness (QED) is 0.580. The summed E-state index contributed by atoms with van der Waals surface area (Å²) in [6, 6.07) is 21.9. The molecule has 0 spiro atoms. The van der Waals surface area contributed by atoms with E-state index < -0.39 is 0 Å². The minimum absolute atomic E-state index is 0.164. The van der Waals surface area contributed by atoms with Gasteiger partial charge in [-0.1, -0.05) is 48.5 Å². The van der Waals surface area contributed by atoms with Crippen LogP contribution in [0, 0.1) is 0 Å². The number of nitrogens with one attached hydrogen (secondary N) is 2. The van der Waals surface area contributed by atoms with Crippen LogP contribution < -0.4 is 20.1 Å². The zero-order valence-corrected chi connectivity index (χ0v) is 17.0. The lowest BCUT2D eigenvalue weighted by molar-refractivity contribution is -0.111. The van der Waals surface area contributed by atoms with Gasteiger partial charge in [0.25, 0.3) is 5.91 Å². The minimum atomic E-state index is -0.339. The van der Waals surface area contributed by atoms with E-state index in [4.69, 9.17) is 9.47 Å². The first-order chi connectivity index (χ1) is 15.1. The Hall–Kier alpha value is -4.06. The van der Waals surface area contributed by atoms with E-state index in [1.165, 1.54) is 6.08 Å². The van der Waals surface area contributed by atoms with Gasteiger partial charge in [0.05, 0.1) is 17.3 Å². The van der Waals surface area contributed by atoms with E-state index in [-0.39, 0.29) is 24.6 Å². The Kier molecular flexibility index (Phi) is 5.98. The van der Waals surface area contributed by atoms with Gasteiger partial charge in [-0.25, -0.2) is 0 Å². The molecular formula is C25H22N2O4. The number of rotatable bonds is 6. The van der Waals surface area contributed by atoms with Crippen molar-refractivity contribution < 1.29 is 19.1 Å². The molecule has 0 bridgehead atoms. The van der Waals surface area contributed by atoms with Crippen LogP contribution in [0.5, 0.6) is 11.5 Å². The average Bonchev–Trinajstić information content (AvgIpc) is 3.26. The van der Waals surface area contributed by atoms with Crippen LogP contribution in [-0.4, -0.2) is 18.6 Å². The van der Waals surface area contributed by atoms with Crippen LogP contribution in [0.2, 0.25) is 0 Å². The van der Waals surface area contributed by atoms with Crippen molar-refractivity contribution in [2.45, 2.75) is 13.0 Å². The summed E-state index contributed by atoms with van der Waals surface area (Å²) in [6.07, 6.45) is 3.09. The van der Waals surface area contributed by atoms with E-state index in [0.717, 1.165) is 11.1 Å². The SMILES string of the molecule is CC(NC(=O)c1ccccc1NC(=O)C=Cc1ccc2c(c1)OCO2)c1ccccc1. The Morgan fingerprint density at radius 1 is 0.935 bits per heavy atom. The molecule has 1 heterocycles. The summed E-state index contributed by atoms with van der Waals surface area (Å²) in [5, 5.41) is 5.76. The second-order valence-electron chi connectivity index (χ2n) is 7.09. The van der Waals surface area contributed by atoms with Gasteiger partial charge < -0.3 is 20.1 Å². The summed E-state index contributed by atoms with van der Waals surface area (Å²) in [5.41, 5.74) is 2.65. The van der Waals surface area contributed by atoms with E-state index in [2.05, 4.69) is 10.6 Å². The highest BCUT2D eigenvalue weighted by molar-refractivity contribution is 6.07. The molecule has 0 radical (unpaired) electrons. The summed E-state index contributed by atoms with van der Waals surface area (Å²) >= 11 is 0. The smallest absolute Gasteiger partial charge is 0.253 e. The lowest BCUT2D eigenvalue weighted by atomic mass is 10.1. The molecule has 2 N–H and O–H groups in total. The normalized spacial score (nSPS) is 13.1. The van der Waals surface area contributed by atoms with Crippen molar-refractivity contribution in [3.05, 3.63) is 95.6 Å². The predicted octanol–water partition coefficient (Wildman–Crippen LogP) is 4.56. The topological polar surface area (TPSA) is 76.7 Å². The molecule has 0 aliphatic carbocycles. The van der Waals surface area contributed by atoms with E-state index in [9.17, 15) is 9.59 Å². The van der Waals surface area contributed by atoms with Gasteiger partial charge in [-0.15, -0.1) is 0 Å². The predicted molar refractivity (Wildman–Crippen MR) is 119 cm³/mol. The van der Waals surface area contributed by atoms with E-state index in [1.54, 1.807) is 42.5 Å². The lowest BCUT2D eigenvalue weighted by Crippen LogP contribution is -2.27. The average molecular weight is 414 g/mol. The Morgan fingerprint density at radius 2 is 1.68 bits per heavy atom. The molecule has 156 valence electrons. The second kappa shape index (κ2) is 9.17. The molecule has 6 heteroatoms. The molecule has 3 aromatic rings. The highest BCUT2D eigenvalue weighted by Crippen LogP contribution is 2.32. The van der Waals surface area contributed by atoms with Crippen molar-refractivity contribution in [2.24, 2.45) is 0 Å². The minimum Gasteiger partial charge on any atom is -0.454 e. The molecule has 0 aromatic heterocycles. The third-order valence-corrected chi connectivity index (χ3v) is 4.90. The van der Waals surface area contributed by atoms with Gasteiger partial charge in [0.1, 0.15) is 0 Å². The molecule has 3 aromatic carbocycles. The van der Waals surface area contributed by atoms with Crippen molar-refractivity contribution >= 4 is 23.6 Å². The third kappa shape index (κ3) is 4.93. The molecule has 6 nitrogen and oxygen atoms in total. The number of carbonyl (C=O) groups is 2.